The van der Waals surface area contributed by atoms with Gasteiger partial charge < -0.3 is 15.4 Å². The molecule has 0 heterocycles. The Kier molecular flexibility index (Phi) is 8.13. The van der Waals surface area contributed by atoms with E-state index in [-0.39, 0.29) is 18.1 Å². The van der Waals surface area contributed by atoms with Gasteiger partial charge in [-0.25, -0.2) is 4.79 Å². The standard InChI is InChI=1S/C25H24F3N3O3/c1-34-22-13-11-18(12-14-22)23(32)29-15-6-16-31(21-9-3-2-4-10-21)24(33)30-20-8-5-7-19(17-20)25(26,27)28/h2-5,7-14,17H,6,15-16H2,1H3,(H,29,32)(H,30,33). The van der Waals surface area contributed by atoms with Crippen LogP contribution in [0.1, 0.15) is 22.3 Å². The zero-order chi connectivity index (χ0) is 24.6. The first kappa shape index (κ1) is 24.6. The third-order valence-electron chi connectivity index (χ3n) is 4.95. The smallest absolute Gasteiger partial charge is 0.416 e. The summed E-state index contributed by atoms with van der Waals surface area (Å²) in [7, 11) is 1.54. The fourth-order valence-corrected chi connectivity index (χ4v) is 3.20. The quantitative estimate of drug-likeness (QED) is 0.422. The van der Waals surface area contributed by atoms with Crippen molar-refractivity contribution in [2.45, 2.75) is 12.6 Å². The summed E-state index contributed by atoms with van der Waals surface area (Å²) in [4.78, 5) is 26.6. The highest BCUT2D eigenvalue weighted by Crippen LogP contribution is 2.30. The van der Waals surface area contributed by atoms with Gasteiger partial charge in [-0.15, -0.1) is 0 Å². The normalized spacial score (nSPS) is 10.9. The van der Waals surface area contributed by atoms with Gasteiger partial charge in [0.15, 0.2) is 0 Å². The number of amides is 3. The molecule has 0 radical (unpaired) electrons. The van der Waals surface area contributed by atoms with E-state index in [0.29, 0.717) is 30.0 Å². The molecule has 0 saturated heterocycles. The number of alkyl halides is 3. The highest BCUT2D eigenvalue weighted by atomic mass is 19.4. The lowest BCUT2D eigenvalue weighted by atomic mass is 10.2. The average Bonchev–Trinajstić information content (AvgIpc) is 2.84. The summed E-state index contributed by atoms with van der Waals surface area (Å²) in [5.74, 6) is 0.379. The number of halogens is 3. The van der Waals surface area contributed by atoms with E-state index < -0.39 is 17.8 Å². The first-order valence-corrected chi connectivity index (χ1v) is 10.5. The van der Waals surface area contributed by atoms with Crippen molar-refractivity contribution in [1.29, 1.82) is 0 Å². The topological polar surface area (TPSA) is 70.7 Å². The molecule has 3 rings (SSSR count). The summed E-state index contributed by atoms with van der Waals surface area (Å²) >= 11 is 0. The van der Waals surface area contributed by atoms with Gasteiger partial charge in [-0.05, 0) is 61.0 Å². The predicted molar refractivity (Wildman–Crippen MR) is 124 cm³/mol. The second kappa shape index (κ2) is 11.2. The Labute approximate surface area is 195 Å². The Morgan fingerprint density at radius 1 is 0.941 bits per heavy atom. The second-order valence-corrected chi connectivity index (χ2v) is 7.33. The summed E-state index contributed by atoms with van der Waals surface area (Å²) in [6.07, 6.45) is -4.09. The molecule has 3 aromatic carbocycles. The van der Waals surface area contributed by atoms with Crippen LogP contribution in [-0.4, -0.2) is 32.1 Å². The van der Waals surface area contributed by atoms with Gasteiger partial charge >= 0.3 is 12.2 Å². The van der Waals surface area contributed by atoms with Crippen LogP contribution in [0.5, 0.6) is 5.75 Å². The lowest BCUT2D eigenvalue weighted by molar-refractivity contribution is -0.137. The molecular weight excluding hydrogens is 447 g/mol. The molecule has 0 aromatic heterocycles. The van der Waals surface area contributed by atoms with Gasteiger partial charge in [-0.1, -0.05) is 24.3 Å². The van der Waals surface area contributed by atoms with E-state index in [2.05, 4.69) is 10.6 Å². The molecule has 2 N–H and O–H groups in total. The molecule has 3 amide bonds. The van der Waals surface area contributed by atoms with Crippen LogP contribution in [0.15, 0.2) is 78.9 Å². The maximum Gasteiger partial charge on any atom is 0.416 e. The number of benzene rings is 3. The molecule has 0 unspecified atom stereocenters. The number of anilines is 2. The van der Waals surface area contributed by atoms with Gasteiger partial charge in [-0.3, -0.25) is 9.69 Å². The van der Waals surface area contributed by atoms with Crippen molar-refractivity contribution in [1.82, 2.24) is 5.32 Å². The Morgan fingerprint density at radius 3 is 2.29 bits per heavy atom. The van der Waals surface area contributed by atoms with Gasteiger partial charge in [0.1, 0.15) is 5.75 Å². The molecule has 9 heteroatoms. The molecule has 0 atom stereocenters. The van der Waals surface area contributed by atoms with Crippen molar-refractivity contribution in [3.05, 3.63) is 90.0 Å². The highest BCUT2D eigenvalue weighted by molar-refractivity contribution is 6.01. The van der Waals surface area contributed by atoms with Crippen LogP contribution in [-0.2, 0) is 6.18 Å². The summed E-state index contributed by atoms with van der Waals surface area (Å²) in [6, 6.07) is 19.3. The summed E-state index contributed by atoms with van der Waals surface area (Å²) in [6.45, 7) is 0.530. The lowest BCUT2D eigenvalue weighted by Crippen LogP contribution is -2.37. The maximum atomic E-state index is 13.0. The third kappa shape index (κ3) is 6.74. The van der Waals surface area contributed by atoms with Gasteiger partial charge in [0.2, 0.25) is 0 Å². The number of para-hydroxylation sites is 1. The number of hydrogen-bond donors (Lipinski definition) is 2. The molecule has 0 aliphatic carbocycles. The molecule has 6 nitrogen and oxygen atoms in total. The number of ether oxygens (including phenoxy) is 1. The Bertz CT molecular complexity index is 1100. The first-order chi connectivity index (χ1) is 16.3. The molecule has 0 saturated carbocycles. The molecule has 34 heavy (non-hydrogen) atoms. The van der Waals surface area contributed by atoms with Crippen LogP contribution in [0.4, 0.5) is 29.3 Å². The maximum absolute atomic E-state index is 13.0. The Hall–Kier alpha value is -4.01. The molecule has 0 spiro atoms. The number of rotatable bonds is 8. The molecule has 3 aromatic rings. The molecule has 178 valence electrons. The summed E-state index contributed by atoms with van der Waals surface area (Å²) in [5.41, 5.74) is 0.239. The van der Waals surface area contributed by atoms with Crippen LogP contribution in [0.25, 0.3) is 0 Å². The van der Waals surface area contributed by atoms with Crippen molar-refractivity contribution in [3.63, 3.8) is 0 Å². The number of urea groups is 1. The highest BCUT2D eigenvalue weighted by Gasteiger charge is 2.30. The number of hydrogen-bond acceptors (Lipinski definition) is 3. The Balaban J connectivity index is 1.62. The van der Waals surface area contributed by atoms with Crippen molar-refractivity contribution >= 4 is 23.3 Å². The summed E-state index contributed by atoms with van der Waals surface area (Å²) < 4.78 is 44.1. The van der Waals surface area contributed by atoms with Crippen molar-refractivity contribution in [2.24, 2.45) is 0 Å². The first-order valence-electron chi connectivity index (χ1n) is 10.5. The number of nitrogens with zero attached hydrogens (tertiary/aromatic N) is 1. The molecule has 0 bridgehead atoms. The van der Waals surface area contributed by atoms with Gasteiger partial charge in [0.05, 0.1) is 12.7 Å². The Morgan fingerprint density at radius 2 is 1.65 bits per heavy atom. The van der Waals surface area contributed by atoms with E-state index in [0.717, 1.165) is 12.1 Å². The minimum Gasteiger partial charge on any atom is -0.497 e. The third-order valence-corrected chi connectivity index (χ3v) is 4.95. The van der Waals surface area contributed by atoms with Crippen LogP contribution in [0.3, 0.4) is 0 Å². The number of carbonyl (C=O) groups is 2. The SMILES string of the molecule is COc1ccc(C(=O)NCCCN(C(=O)Nc2cccc(C(F)(F)F)c2)c2ccccc2)cc1. The summed E-state index contributed by atoms with van der Waals surface area (Å²) in [5, 5.41) is 5.32. The van der Waals surface area contributed by atoms with Crippen LogP contribution in [0.2, 0.25) is 0 Å². The van der Waals surface area contributed by atoms with Crippen molar-refractivity contribution in [2.75, 3.05) is 30.4 Å². The molecule has 0 fully saturated rings. The zero-order valence-corrected chi connectivity index (χ0v) is 18.4. The van der Waals surface area contributed by atoms with Gasteiger partial charge in [0, 0.05) is 30.0 Å². The number of carbonyl (C=O) groups excluding carboxylic acids is 2. The van der Waals surface area contributed by atoms with Gasteiger partial charge in [0.25, 0.3) is 5.91 Å². The van der Waals surface area contributed by atoms with E-state index in [1.807, 2.05) is 0 Å². The van der Waals surface area contributed by atoms with Crippen LogP contribution in [0, 0.1) is 0 Å². The monoisotopic (exact) mass is 471 g/mol. The average molecular weight is 471 g/mol. The largest absolute Gasteiger partial charge is 0.497 e. The fourth-order valence-electron chi connectivity index (χ4n) is 3.20. The predicted octanol–water partition coefficient (Wildman–Crippen LogP) is 5.57. The minimum atomic E-state index is -4.51. The second-order valence-electron chi connectivity index (χ2n) is 7.33. The molecule has 0 aliphatic heterocycles. The molecule has 0 aliphatic rings. The number of nitrogens with one attached hydrogen (secondary N) is 2. The van der Waals surface area contributed by atoms with Gasteiger partial charge in [-0.2, -0.15) is 13.2 Å². The minimum absolute atomic E-state index is 0.0357. The van der Waals surface area contributed by atoms with E-state index in [1.165, 1.54) is 24.1 Å². The van der Waals surface area contributed by atoms with Crippen molar-refractivity contribution in [3.8, 4) is 5.75 Å². The van der Waals surface area contributed by atoms with Crippen LogP contribution >= 0.6 is 0 Å². The number of methoxy groups -OCH3 is 1. The van der Waals surface area contributed by atoms with E-state index in [1.54, 1.807) is 54.6 Å². The van der Waals surface area contributed by atoms with Crippen molar-refractivity contribution < 1.29 is 27.5 Å². The lowest BCUT2D eigenvalue weighted by Gasteiger charge is -2.23. The van der Waals surface area contributed by atoms with E-state index in [9.17, 15) is 22.8 Å². The zero-order valence-electron chi connectivity index (χ0n) is 18.4. The molecular formula is C25H24F3N3O3. The fraction of sp³-hybridized carbons (Fsp3) is 0.200. The van der Waals surface area contributed by atoms with Crippen LogP contribution < -0.4 is 20.3 Å². The van der Waals surface area contributed by atoms with E-state index in [4.69, 9.17) is 4.74 Å². The van der Waals surface area contributed by atoms with E-state index >= 15 is 0 Å².